The average molecular weight is 540 g/mol. The van der Waals surface area contributed by atoms with Crippen LogP contribution >= 0.6 is 24.0 Å². The Labute approximate surface area is 202 Å². The number of rotatable bonds is 7. The van der Waals surface area contributed by atoms with Crippen LogP contribution < -0.4 is 10.2 Å². The third kappa shape index (κ3) is 7.60. The number of aromatic nitrogens is 1. The molecule has 8 heteroatoms. The molecule has 170 valence electrons. The zero-order valence-corrected chi connectivity index (χ0v) is 21.1. The topological polar surface area (TPSA) is 47.0 Å². The summed E-state index contributed by atoms with van der Waals surface area (Å²) in [5.74, 6) is 1.64. The Kier molecular flexibility index (Phi) is 10.5. The van der Waals surface area contributed by atoms with E-state index in [2.05, 4.69) is 46.1 Å². The summed E-state index contributed by atoms with van der Waals surface area (Å²) >= 11 is 0. The quantitative estimate of drug-likeness (QED) is 0.331. The zero-order chi connectivity index (χ0) is 21.3. The Morgan fingerprint density at radius 1 is 1.06 bits per heavy atom. The molecule has 0 aliphatic carbocycles. The summed E-state index contributed by atoms with van der Waals surface area (Å²) in [6, 6.07) is 10.8. The molecule has 2 heterocycles. The van der Waals surface area contributed by atoms with Crippen LogP contribution in [-0.2, 0) is 13.1 Å². The van der Waals surface area contributed by atoms with Gasteiger partial charge in [0.2, 0.25) is 0 Å². The fourth-order valence-corrected chi connectivity index (χ4v) is 3.56. The highest BCUT2D eigenvalue weighted by Gasteiger charge is 2.16. The van der Waals surface area contributed by atoms with Crippen molar-refractivity contribution in [2.45, 2.75) is 26.9 Å². The van der Waals surface area contributed by atoms with E-state index in [1.54, 1.807) is 12.1 Å². The second-order valence-corrected chi connectivity index (χ2v) is 7.60. The Bertz CT molecular complexity index is 804. The number of hydrogen-bond acceptors (Lipinski definition) is 4. The van der Waals surface area contributed by atoms with Crippen LogP contribution in [0.3, 0.4) is 0 Å². The van der Waals surface area contributed by atoms with Crippen molar-refractivity contribution in [1.29, 1.82) is 0 Å². The number of anilines is 1. The summed E-state index contributed by atoms with van der Waals surface area (Å²) < 4.78 is 13.1. The lowest BCUT2D eigenvalue weighted by Crippen LogP contribution is -2.46. The van der Waals surface area contributed by atoms with E-state index in [4.69, 9.17) is 4.99 Å². The maximum Gasteiger partial charge on any atom is 0.194 e. The average Bonchev–Trinajstić information content (AvgIpc) is 2.78. The van der Waals surface area contributed by atoms with Gasteiger partial charge in [0, 0.05) is 52.5 Å². The molecule has 1 N–H and O–H groups in total. The fourth-order valence-electron chi connectivity index (χ4n) is 3.56. The van der Waals surface area contributed by atoms with Crippen LogP contribution in [-0.4, -0.2) is 67.1 Å². The van der Waals surface area contributed by atoms with Gasteiger partial charge in [-0.1, -0.05) is 25.1 Å². The van der Waals surface area contributed by atoms with Gasteiger partial charge >= 0.3 is 0 Å². The van der Waals surface area contributed by atoms with Crippen LogP contribution in [0.1, 0.15) is 25.0 Å². The first-order chi connectivity index (χ1) is 14.6. The molecule has 0 bridgehead atoms. The molecule has 6 nitrogen and oxygen atoms in total. The summed E-state index contributed by atoms with van der Waals surface area (Å²) in [6.07, 6.45) is 1.93. The van der Waals surface area contributed by atoms with Crippen molar-refractivity contribution < 1.29 is 4.39 Å². The minimum atomic E-state index is -0.217. The fraction of sp³-hybridized carbons (Fsp3) is 0.478. The number of piperazine rings is 1. The highest BCUT2D eigenvalue weighted by atomic mass is 127. The lowest BCUT2D eigenvalue weighted by atomic mass is 10.2. The number of hydrogen-bond donors (Lipinski definition) is 1. The van der Waals surface area contributed by atoms with Gasteiger partial charge in [-0.25, -0.2) is 14.4 Å². The smallest absolute Gasteiger partial charge is 0.194 e. The monoisotopic (exact) mass is 540 g/mol. The highest BCUT2D eigenvalue weighted by molar-refractivity contribution is 14.0. The van der Waals surface area contributed by atoms with E-state index >= 15 is 0 Å². The molecule has 1 aromatic heterocycles. The van der Waals surface area contributed by atoms with E-state index < -0.39 is 0 Å². The van der Waals surface area contributed by atoms with Gasteiger partial charge in [-0.15, -0.1) is 24.0 Å². The number of nitrogens with one attached hydrogen (secondary N) is 1. The number of pyridine rings is 1. The highest BCUT2D eigenvalue weighted by Crippen LogP contribution is 2.14. The minimum absolute atomic E-state index is 0. The molecule has 0 atom stereocenters. The molecule has 31 heavy (non-hydrogen) atoms. The van der Waals surface area contributed by atoms with Crippen molar-refractivity contribution in [3.05, 3.63) is 59.5 Å². The second kappa shape index (κ2) is 12.8. The van der Waals surface area contributed by atoms with Crippen LogP contribution in [0.4, 0.5) is 10.2 Å². The van der Waals surface area contributed by atoms with Gasteiger partial charge in [0.05, 0.1) is 6.54 Å². The number of guanidine groups is 1. The van der Waals surface area contributed by atoms with Crippen LogP contribution in [0.5, 0.6) is 0 Å². The predicted octanol–water partition coefficient (Wildman–Crippen LogP) is 3.58. The maximum atomic E-state index is 13.1. The molecule has 0 unspecified atom stereocenters. The van der Waals surface area contributed by atoms with E-state index in [0.717, 1.165) is 62.2 Å². The molecule has 0 amide bonds. The van der Waals surface area contributed by atoms with Crippen molar-refractivity contribution in [2.24, 2.45) is 4.99 Å². The van der Waals surface area contributed by atoms with Gasteiger partial charge in [-0.2, -0.15) is 0 Å². The molecule has 0 saturated carbocycles. The third-order valence-corrected chi connectivity index (χ3v) is 5.39. The van der Waals surface area contributed by atoms with Gasteiger partial charge in [0.25, 0.3) is 0 Å². The number of likely N-dealkylation sites (N-methyl/N-ethyl adjacent to an activating group) is 1. The standard InChI is InChI=1S/C23H33FN6.HI/c1-4-25-23(28(3)18-19-6-9-21(24)10-7-19)27-17-20-8-11-22(26-16-20)30-14-12-29(5-2)13-15-30;/h6-11,16H,4-5,12-15,17-18H2,1-3H3,(H,25,27);1H. The molecule has 1 fully saturated rings. The van der Waals surface area contributed by atoms with Crippen molar-refractivity contribution in [2.75, 3.05) is 51.2 Å². The molecule has 1 saturated heterocycles. The largest absolute Gasteiger partial charge is 0.357 e. The molecular weight excluding hydrogens is 506 g/mol. The first-order valence-electron chi connectivity index (χ1n) is 10.7. The first-order valence-corrected chi connectivity index (χ1v) is 10.7. The molecule has 0 radical (unpaired) electrons. The third-order valence-electron chi connectivity index (χ3n) is 5.39. The Balaban J connectivity index is 0.00000341. The molecule has 3 rings (SSSR count). The number of benzene rings is 1. The Hall–Kier alpha value is -1.94. The first kappa shape index (κ1) is 25.3. The molecule has 2 aromatic rings. The zero-order valence-electron chi connectivity index (χ0n) is 18.7. The van der Waals surface area contributed by atoms with Crippen LogP contribution in [0.2, 0.25) is 0 Å². The number of aliphatic imine (C=N–C) groups is 1. The van der Waals surface area contributed by atoms with Crippen molar-refractivity contribution in [3.63, 3.8) is 0 Å². The van der Waals surface area contributed by atoms with Crippen molar-refractivity contribution in [1.82, 2.24) is 20.1 Å². The second-order valence-electron chi connectivity index (χ2n) is 7.60. The summed E-state index contributed by atoms with van der Waals surface area (Å²) in [5, 5.41) is 3.33. The van der Waals surface area contributed by atoms with E-state index in [1.807, 2.05) is 18.1 Å². The van der Waals surface area contributed by atoms with Gasteiger partial charge in [-0.05, 0) is 42.8 Å². The maximum absolute atomic E-state index is 13.1. The normalized spacial score (nSPS) is 14.8. The van der Waals surface area contributed by atoms with Crippen LogP contribution in [0.25, 0.3) is 0 Å². The van der Waals surface area contributed by atoms with Gasteiger partial charge in [0.1, 0.15) is 11.6 Å². The van der Waals surface area contributed by atoms with E-state index in [9.17, 15) is 4.39 Å². The van der Waals surface area contributed by atoms with E-state index in [1.165, 1.54) is 12.1 Å². The van der Waals surface area contributed by atoms with Gasteiger partial charge in [-0.3, -0.25) is 0 Å². The number of halogens is 2. The molecule has 1 aliphatic rings. The minimum Gasteiger partial charge on any atom is -0.357 e. The van der Waals surface area contributed by atoms with E-state index in [-0.39, 0.29) is 29.8 Å². The van der Waals surface area contributed by atoms with Gasteiger partial charge in [0.15, 0.2) is 5.96 Å². The lowest BCUT2D eigenvalue weighted by Gasteiger charge is -2.34. The summed E-state index contributed by atoms with van der Waals surface area (Å²) in [4.78, 5) is 16.3. The van der Waals surface area contributed by atoms with Crippen LogP contribution in [0.15, 0.2) is 47.6 Å². The van der Waals surface area contributed by atoms with Crippen molar-refractivity contribution in [3.8, 4) is 0 Å². The summed E-state index contributed by atoms with van der Waals surface area (Å²) in [5.41, 5.74) is 2.12. The van der Waals surface area contributed by atoms with E-state index in [0.29, 0.717) is 13.1 Å². The molecule has 1 aliphatic heterocycles. The van der Waals surface area contributed by atoms with Crippen molar-refractivity contribution >= 4 is 35.8 Å². The molecule has 0 spiro atoms. The van der Waals surface area contributed by atoms with Gasteiger partial charge < -0.3 is 20.0 Å². The lowest BCUT2D eigenvalue weighted by molar-refractivity contribution is 0.270. The molecule has 1 aromatic carbocycles. The van der Waals surface area contributed by atoms with Crippen LogP contribution in [0, 0.1) is 5.82 Å². The summed E-state index contributed by atoms with van der Waals surface area (Å²) in [7, 11) is 1.99. The Morgan fingerprint density at radius 3 is 2.32 bits per heavy atom. The predicted molar refractivity (Wildman–Crippen MR) is 137 cm³/mol. The Morgan fingerprint density at radius 2 is 1.74 bits per heavy atom. The SMILES string of the molecule is CCNC(=NCc1ccc(N2CCN(CC)CC2)nc1)N(C)Cc1ccc(F)cc1.I. The summed E-state index contributed by atoms with van der Waals surface area (Å²) in [6.45, 7) is 11.6. The number of nitrogens with zero attached hydrogens (tertiary/aromatic N) is 5. The molecular formula is C23H34FIN6.